The minimum atomic E-state index is -0.229. The minimum Gasteiger partial charge on any atom is -0.497 e. The van der Waals surface area contributed by atoms with Crippen LogP contribution in [0.1, 0.15) is 40.5 Å². The third kappa shape index (κ3) is 4.99. The average Bonchev–Trinajstić information content (AvgIpc) is 3.27. The molecule has 1 amide bonds. The summed E-state index contributed by atoms with van der Waals surface area (Å²) in [6.45, 7) is 1.83. The van der Waals surface area contributed by atoms with E-state index in [-0.39, 0.29) is 5.91 Å². The number of carbonyl (C=O) groups is 1. The Kier molecular flexibility index (Phi) is 5.99. The minimum absolute atomic E-state index is 0.229. The maximum absolute atomic E-state index is 12.3. The Labute approximate surface area is 152 Å². The van der Waals surface area contributed by atoms with E-state index in [0.29, 0.717) is 10.7 Å². The summed E-state index contributed by atoms with van der Waals surface area (Å²) in [6.07, 6.45) is 5.37. The Balaban J connectivity index is 1.53. The lowest BCUT2D eigenvalue weighted by Gasteiger charge is -2.19. The van der Waals surface area contributed by atoms with E-state index in [1.54, 1.807) is 31.4 Å². The van der Waals surface area contributed by atoms with Gasteiger partial charge in [0.15, 0.2) is 0 Å². The van der Waals surface area contributed by atoms with Crippen molar-refractivity contribution in [2.45, 2.75) is 32.2 Å². The molecule has 1 saturated carbocycles. The van der Waals surface area contributed by atoms with Gasteiger partial charge in [0.2, 0.25) is 5.01 Å². The summed E-state index contributed by atoms with van der Waals surface area (Å²) in [7, 11) is 3.72. The van der Waals surface area contributed by atoms with Gasteiger partial charge < -0.3 is 10.1 Å². The standard InChI is InChI=1S/C18H24N4O2S/c1-22(11-13-5-3-4-6-13)12-16-20-21-18(25-16)17(23)19-14-7-9-15(24-2)10-8-14/h7-10,13H,3-6,11-12H2,1-2H3,(H,19,23). The molecule has 0 saturated heterocycles. The molecule has 1 heterocycles. The van der Waals surface area contributed by atoms with E-state index < -0.39 is 0 Å². The molecule has 7 heteroatoms. The second-order valence-electron chi connectivity index (χ2n) is 6.53. The maximum Gasteiger partial charge on any atom is 0.286 e. The first-order valence-electron chi connectivity index (χ1n) is 8.60. The fourth-order valence-electron chi connectivity index (χ4n) is 3.20. The highest BCUT2D eigenvalue weighted by Gasteiger charge is 2.18. The van der Waals surface area contributed by atoms with Crippen LogP contribution in [0.15, 0.2) is 24.3 Å². The summed E-state index contributed by atoms with van der Waals surface area (Å²) in [5.74, 6) is 1.32. The molecular formula is C18H24N4O2S. The normalized spacial score (nSPS) is 14.8. The highest BCUT2D eigenvalue weighted by atomic mass is 32.1. The van der Waals surface area contributed by atoms with Crippen molar-refractivity contribution in [3.63, 3.8) is 0 Å². The van der Waals surface area contributed by atoms with Gasteiger partial charge in [-0.05, 0) is 50.1 Å². The molecule has 1 fully saturated rings. The number of carbonyl (C=O) groups excluding carboxylic acids is 1. The predicted octanol–water partition coefficient (Wildman–Crippen LogP) is 3.42. The number of benzene rings is 1. The number of anilines is 1. The van der Waals surface area contributed by atoms with E-state index in [1.807, 2.05) is 0 Å². The molecule has 1 aromatic carbocycles. The lowest BCUT2D eigenvalue weighted by Crippen LogP contribution is -2.24. The Morgan fingerprint density at radius 2 is 2.00 bits per heavy atom. The largest absolute Gasteiger partial charge is 0.497 e. The maximum atomic E-state index is 12.3. The molecule has 0 unspecified atom stereocenters. The van der Waals surface area contributed by atoms with Crippen molar-refractivity contribution in [3.05, 3.63) is 34.3 Å². The zero-order valence-electron chi connectivity index (χ0n) is 14.7. The first-order valence-corrected chi connectivity index (χ1v) is 9.42. The summed E-state index contributed by atoms with van der Waals surface area (Å²) >= 11 is 1.35. The zero-order chi connectivity index (χ0) is 17.6. The monoisotopic (exact) mass is 360 g/mol. The van der Waals surface area contributed by atoms with E-state index in [0.717, 1.165) is 29.8 Å². The Morgan fingerprint density at radius 1 is 1.28 bits per heavy atom. The number of amides is 1. The number of aromatic nitrogens is 2. The van der Waals surface area contributed by atoms with Crippen LogP contribution in [0.2, 0.25) is 0 Å². The number of nitrogens with zero attached hydrogens (tertiary/aromatic N) is 3. The highest BCUT2D eigenvalue weighted by molar-refractivity contribution is 7.13. The van der Waals surface area contributed by atoms with E-state index in [2.05, 4.69) is 27.5 Å². The second-order valence-corrected chi connectivity index (χ2v) is 7.59. The summed E-state index contributed by atoms with van der Waals surface area (Å²) in [4.78, 5) is 14.6. The molecule has 1 aromatic heterocycles. The molecule has 3 rings (SSSR count). The molecule has 0 spiro atoms. The Morgan fingerprint density at radius 3 is 2.68 bits per heavy atom. The summed E-state index contributed by atoms with van der Waals surface area (Å²) in [6, 6.07) is 7.21. The quantitative estimate of drug-likeness (QED) is 0.819. The Hall–Kier alpha value is -1.99. The fourth-order valence-corrected chi connectivity index (χ4v) is 4.01. The van der Waals surface area contributed by atoms with E-state index in [9.17, 15) is 4.79 Å². The SMILES string of the molecule is COc1ccc(NC(=O)c2nnc(CN(C)CC3CCCC3)s2)cc1. The molecule has 134 valence electrons. The molecular weight excluding hydrogens is 336 g/mol. The molecule has 6 nitrogen and oxygen atoms in total. The van der Waals surface area contributed by atoms with Gasteiger partial charge in [0, 0.05) is 12.2 Å². The number of rotatable bonds is 7. The first-order chi connectivity index (χ1) is 12.1. The lowest BCUT2D eigenvalue weighted by molar-refractivity contribution is 0.102. The van der Waals surface area contributed by atoms with Crippen molar-refractivity contribution in [1.29, 1.82) is 0 Å². The van der Waals surface area contributed by atoms with Crippen molar-refractivity contribution in [1.82, 2.24) is 15.1 Å². The number of ether oxygens (including phenoxy) is 1. The van der Waals surface area contributed by atoms with Crippen molar-refractivity contribution < 1.29 is 9.53 Å². The molecule has 25 heavy (non-hydrogen) atoms. The van der Waals surface area contributed by atoms with Gasteiger partial charge in [-0.1, -0.05) is 24.2 Å². The van der Waals surface area contributed by atoms with Crippen molar-refractivity contribution in [2.75, 3.05) is 26.0 Å². The van der Waals surface area contributed by atoms with E-state index in [1.165, 1.54) is 37.0 Å². The van der Waals surface area contributed by atoms with Gasteiger partial charge in [-0.15, -0.1) is 10.2 Å². The molecule has 0 atom stereocenters. The van der Waals surface area contributed by atoms with Gasteiger partial charge in [-0.2, -0.15) is 0 Å². The smallest absolute Gasteiger partial charge is 0.286 e. The first kappa shape index (κ1) is 17.8. The van der Waals surface area contributed by atoms with E-state index >= 15 is 0 Å². The zero-order valence-corrected chi connectivity index (χ0v) is 15.5. The van der Waals surface area contributed by atoms with Crippen LogP contribution in [0.4, 0.5) is 5.69 Å². The van der Waals surface area contributed by atoms with Gasteiger partial charge in [0.05, 0.1) is 13.7 Å². The van der Waals surface area contributed by atoms with Crippen molar-refractivity contribution in [2.24, 2.45) is 5.92 Å². The van der Waals surface area contributed by atoms with Crippen LogP contribution in [0, 0.1) is 5.92 Å². The van der Waals surface area contributed by atoms with Gasteiger partial charge in [0.25, 0.3) is 5.91 Å². The van der Waals surface area contributed by atoms with Crippen LogP contribution < -0.4 is 10.1 Å². The second kappa shape index (κ2) is 8.40. The fraction of sp³-hybridized carbons (Fsp3) is 0.500. The number of hydrogen-bond donors (Lipinski definition) is 1. The molecule has 0 bridgehead atoms. The van der Waals surface area contributed by atoms with Crippen molar-refractivity contribution in [3.8, 4) is 5.75 Å². The van der Waals surface area contributed by atoms with Gasteiger partial charge >= 0.3 is 0 Å². The van der Waals surface area contributed by atoms with Gasteiger partial charge in [0.1, 0.15) is 10.8 Å². The molecule has 2 aromatic rings. The number of methoxy groups -OCH3 is 1. The summed E-state index contributed by atoms with van der Waals surface area (Å²) in [5, 5.41) is 12.3. The highest BCUT2D eigenvalue weighted by Crippen LogP contribution is 2.25. The van der Waals surface area contributed by atoms with Crippen molar-refractivity contribution >= 4 is 22.9 Å². The van der Waals surface area contributed by atoms with Crippen LogP contribution in [0.25, 0.3) is 0 Å². The van der Waals surface area contributed by atoms with E-state index in [4.69, 9.17) is 4.74 Å². The number of hydrogen-bond acceptors (Lipinski definition) is 6. The summed E-state index contributed by atoms with van der Waals surface area (Å²) in [5.41, 5.74) is 0.709. The lowest BCUT2D eigenvalue weighted by atomic mass is 10.1. The predicted molar refractivity (Wildman–Crippen MR) is 99.1 cm³/mol. The van der Waals surface area contributed by atoms with Crippen LogP contribution in [0.5, 0.6) is 5.75 Å². The van der Waals surface area contributed by atoms with Crippen LogP contribution in [-0.2, 0) is 6.54 Å². The van der Waals surface area contributed by atoms with Crippen LogP contribution in [0.3, 0.4) is 0 Å². The molecule has 1 aliphatic rings. The van der Waals surface area contributed by atoms with Crippen LogP contribution >= 0.6 is 11.3 Å². The van der Waals surface area contributed by atoms with Gasteiger partial charge in [-0.3, -0.25) is 9.69 Å². The summed E-state index contributed by atoms with van der Waals surface area (Å²) < 4.78 is 5.11. The third-order valence-corrected chi connectivity index (χ3v) is 5.37. The molecule has 1 N–H and O–H groups in total. The Bertz CT molecular complexity index is 695. The van der Waals surface area contributed by atoms with Crippen LogP contribution in [-0.4, -0.2) is 41.7 Å². The molecule has 1 aliphatic carbocycles. The average molecular weight is 360 g/mol. The molecule has 0 radical (unpaired) electrons. The van der Waals surface area contributed by atoms with Gasteiger partial charge in [-0.25, -0.2) is 0 Å². The number of nitrogens with one attached hydrogen (secondary N) is 1. The molecule has 0 aliphatic heterocycles. The third-order valence-electron chi connectivity index (χ3n) is 4.46. The topological polar surface area (TPSA) is 67.3 Å².